The summed E-state index contributed by atoms with van der Waals surface area (Å²) in [6.07, 6.45) is 9.29. The van der Waals surface area contributed by atoms with Crippen molar-refractivity contribution in [3.8, 4) is 0 Å². The van der Waals surface area contributed by atoms with E-state index in [1.807, 2.05) is 24.5 Å². The van der Waals surface area contributed by atoms with Gasteiger partial charge in [0.25, 0.3) is 11.8 Å². The molecule has 2 aromatic rings. The van der Waals surface area contributed by atoms with Crippen LogP contribution < -0.4 is 10.7 Å². The molecule has 2 aliphatic rings. The second kappa shape index (κ2) is 11.7. The minimum Gasteiger partial charge on any atom is -0.349 e. The van der Waals surface area contributed by atoms with Gasteiger partial charge in [-0.25, -0.2) is 0 Å². The minimum atomic E-state index is -0.463. The summed E-state index contributed by atoms with van der Waals surface area (Å²) in [5.41, 5.74) is 1.01. The van der Waals surface area contributed by atoms with Gasteiger partial charge in [-0.15, -0.1) is 0 Å². The highest BCUT2D eigenvalue weighted by atomic mass is 16.2. The molecule has 35 heavy (non-hydrogen) atoms. The van der Waals surface area contributed by atoms with Gasteiger partial charge in [0.15, 0.2) is 0 Å². The maximum Gasteiger partial charge on any atom is 0.259 e. The van der Waals surface area contributed by atoms with Gasteiger partial charge in [0.05, 0.1) is 0 Å². The zero-order valence-electron chi connectivity index (χ0n) is 21.0. The fraction of sp³-hybridized carbons (Fsp3) is 0.536. The van der Waals surface area contributed by atoms with Crippen molar-refractivity contribution in [2.45, 2.75) is 71.0 Å². The van der Waals surface area contributed by atoms with Crippen LogP contribution in [-0.2, 0) is 6.54 Å². The largest absolute Gasteiger partial charge is 0.349 e. The molecule has 1 aliphatic heterocycles. The standard InChI is InChI=1S/C28H38N4O3/c1-3-31(4-2)28(35)25-20-32(23-12-8-9-13-23)19-24(26(25)33)27(34)29-22-14-16-30(17-15-22)18-21-10-6-5-7-11-21/h5-7,10-11,19-20,22-23H,3-4,8-9,12-18H2,1-2H3,(H,29,34). The molecular formula is C28H38N4O3. The summed E-state index contributed by atoms with van der Waals surface area (Å²) in [5.74, 6) is -0.659. The number of pyridine rings is 1. The first-order valence-electron chi connectivity index (χ1n) is 13.1. The van der Waals surface area contributed by atoms with Crippen LogP contribution in [0.3, 0.4) is 0 Å². The summed E-state index contributed by atoms with van der Waals surface area (Å²) in [7, 11) is 0. The van der Waals surface area contributed by atoms with Crippen LogP contribution in [0.4, 0.5) is 0 Å². The van der Waals surface area contributed by atoms with Crippen LogP contribution in [0, 0.1) is 0 Å². The Morgan fingerprint density at radius 2 is 1.57 bits per heavy atom. The lowest BCUT2D eigenvalue weighted by molar-refractivity contribution is 0.0770. The van der Waals surface area contributed by atoms with E-state index in [1.165, 1.54) is 5.56 Å². The van der Waals surface area contributed by atoms with Gasteiger partial charge >= 0.3 is 0 Å². The van der Waals surface area contributed by atoms with Gasteiger partial charge in [-0.2, -0.15) is 0 Å². The number of hydrogen-bond acceptors (Lipinski definition) is 4. The molecule has 2 heterocycles. The Kier molecular flexibility index (Phi) is 8.39. The monoisotopic (exact) mass is 478 g/mol. The molecule has 1 saturated heterocycles. The summed E-state index contributed by atoms with van der Waals surface area (Å²) >= 11 is 0. The number of amides is 2. The molecule has 0 spiro atoms. The van der Waals surface area contributed by atoms with E-state index in [0.29, 0.717) is 13.1 Å². The molecule has 2 fully saturated rings. The van der Waals surface area contributed by atoms with E-state index in [9.17, 15) is 14.4 Å². The lowest BCUT2D eigenvalue weighted by atomic mass is 10.0. The van der Waals surface area contributed by atoms with Gasteiger partial charge in [-0.05, 0) is 45.1 Å². The van der Waals surface area contributed by atoms with E-state index in [2.05, 4.69) is 34.5 Å². The number of benzene rings is 1. The van der Waals surface area contributed by atoms with E-state index in [-0.39, 0.29) is 35.0 Å². The van der Waals surface area contributed by atoms with Gasteiger partial charge in [0.2, 0.25) is 5.43 Å². The summed E-state index contributed by atoms with van der Waals surface area (Å²) in [6.45, 7) is 7.55. The average Bonchev–Trinajstić information content (AvgIpc) is 3.42. The number of nitrogens with zero attached hydrogens (tertiary/aromatic N) is 3. The quantitative estimate of drug-likeness (QED) is 0.626. The van der Waals surface area contributed by atoms with Crippen LogP contribution in [0.1, 0.15) is 84.7 Å². The first-order valence-corrected chi connectivity index (χ1v) is 13.1. The first-order chi connectivity index (χ1) is 17.0. The third kappa shape index (κ3) is 6.01. The summed E-state index contributed by atoms with van der Waals surface area (Å²) in [4.78, 5) is 43.8. The summed E-state index contributed by atoms with van der Waals surface area (Å²) in [6, 6.07) is 10.7. The third-order valence-corrected chi connectivity index (χ3v) is 7.49. The molecule has 2 amide bonds. The Morgan fingerprint density at radius 1 is 0.943 bits per heavy atom. The molecule has 1 N–H and O–H groups in total. The Morgan fingerprint density at radius 3 is 2.20 bits per heavy atom. The van der Waals surface area contributed by atoms with Gasteiger partial charge in [0, 0.05) is 57.2 Å². The molecule has 188 valence electrons. The highest BCUT2D eigenvalue weighted by molar-refractivity contribution is 5.99. The molecule has 7 nitrogen and oxygen atoms in total. The number of piperidine rings is 1. The third-order valence-electron chi connectivity index (χ3n) is 7.49. The smallest absolute Gasteiger partial charge is 0.259 e. The van der Waals surface area contributed by atoms with Crippen molar-refractivity contribution in [3.63, 3.8) is 0 Å². The molecule has 1 aromatic carbocycles. The molecule has 0 radical (unpaired) electrons. The maximum absolute atomic E-state index is 13.3. The van der Waals surface area contributed by atoms with Gasteiger partial charge in [-0.3, -0.25) is 19.3 Å². The normalized spacial score (nSPS) is 17.4. The highest BCUT2D eigenvalue weighted by Crippen LogP contribution is 2.29. The average molecular weight is 479 g/mol. The number of nitrogens with one attached hydrogen (secondary N) is 1. The lowest BCUT2D eigenvalue weighted by Gasteiger charge is -2.32. The molecule has 1 aliphatic carbocycles. The Labute approximate surface area is 208 Å². The van der Waals surface area contributed by atoms with Gasteiger partial charge < -0.3 is 14.8 Å². The van der Waals surface area contributed by atoms with E-state index >= 15 is 0 Å². The van der Waals surface area contributed by atoms with Crippen LogP contribution >= 0.6 is 0 Å². The Hall–Kier alpha value is -2.93. The predicted octanol–water partition coefficient (Wildman–Crippen LogP) is 3.84. The van der Waals surface area contributed by atoms with Crippen LogP contribution in [0.5, 0.6) is 0 Å². The zero-order valence-corrected chi connectivity index (χ0v) is 21.0. The van der Waals surface area contributed by atoms with E-state index in [0.717, 1.165) is 58.2 Å². The molecule has 0 unspecified atom stereocenters. The van der Waals surface area contributed by atoms with Crippen molar-refractivity contribution in [1.29, 1.82) is 0 Å². The van der Waals surface area contributed by atoms with Crippen molar-refractivity contribution in [1.82, 2.24) is 19.7 Å². The number of likely N-dealkylation sites (tertiary alicyclic amines) is 1. The highest BCUT2D eigenvalue weighted by Gasteiger charge is 2.27. The Bertz CT molecular complexity index is 1060. The minimum absolute atomic E-state index is 0.0241. The van der Waals surface area contributed by atoms with Crippen LogP contribution in [0.15, 0.2) is 47.5 Å². The number of aromatic nitrogens is 1. The fourth-order valence-electron chi connectivity index (χ4n) is 5.35. The van der Waals surface area contributed by atoms with Crippen molar-refractivity contribution < 1.29 is 9.59 Å². The molecule has 1 aromatic heterocycles. The SMILES string of the molecule is CCN(CC)C(=O)c1cn(C2CCCC2)cc(C(=O)NC2CCN(Cc3ccccc3)CC2)c1=O. The topological polar surface area (TPSA) is 74.7 Å². The summed E-state index contributed by atoms with van der Waals surface area (Å²) < 4.78 is 1.95. The van der Waals surface area contributed by atoms with Crippen molar-refractivity contribution in [2.75, 3.05) is 26.2 Å². The van der Waals surface area contributed by atoms with Crippen LogP contribution in [0.25, 0.3) is 0 Å². The predicted molar refractivity (Wildman–Crippen MR) is 138 cm³/mol. The van der Waals surface area contributed by atoms with Crippen LogP contribution in [-0.4, -0.2) is 58.4 Å². The first kappa shape index (κ1) is 25.2. The van der Waals surface area contributed by atoms with E-state index < -0.39 is 5.43 Å². The molecule has 0 atom stereocenters. The van der Waals surface area contributed by atoms with Gasteiger partial charge in [0.1, 0.15) is 11.1 Å². The van der Waals surface area contributed by atoms with Crippen LogP contribution in [0.2, 0.25) is 0 Å². The van der Waals surface area contributed by atoms with Crippen molar-refractivity contribution in [3.05, 3.63) is 69.6 Å². The molecule has 7 heteroatoms. The summed E-state index contributed by atoms with van der Waals surface area (Å²) in [5, 5.41) is 3.10. The molecular weight excluding hydrogens is 440 g/mol. The van der Waals surface area contributed by atoms with E-state index in [4.69, 9.17) is 0 Å². The van der Waals surface area contributed by atoms with Crippen molar-refractivity contribution >= 4 is 11.8 Å². The lowest BCUT2D eigenvalue weighted by Crippen LogP contribution is -2.46. The fourth-order valence-corrected chi connectivity index (χ4v) is 5.35. The second-order valence-corrected chi connectivity index (χ2v) is 9.79. The number of carbonyl (C=O) groups is 2. The molecule has 1 saturated carbocycles. The number of hydrogen-bond donors (Lipinski definition) is 1. The zero-order chi connectivity index (χ0) is 24.8. The number of rotatable bonds is 8. The van der Waals surface area contributed by atoms with Gasteiger partial charge in [-0.1, -0.05) is 43.2 Å². The second-order valence-electron chi connectivity index (χ2n) is 9.79. The Balaban J connectivity index is 1.48. The molecule has 0 bridgehead atoms. The van der Waals surface area contributed by atoms with E-state index in [1.54, 1.807) is 17.3 Å². The van der Waals surface area contributed by atoms with Crippen molar-refractivity contribution in [2.24, 2.45) is 0 Å². The molecule has 4 rings (SSSR count). The maximum atomic E-state index is 13.3. The number of carbonyl (C=O) groups excluding carboxylic acids is 2.